The van der Waals surface area contributed by atoms with Gasteiger partial charge in [-0.1, -0.05) is 116 Å². The first-order chi connectivity index (χ1) is 25.9. The molecular formula is C42H64O10Si2. The maximum absolute atomic E-state index is 7.43. The molecule has 0 aromatic heterocycles. The molecule has 1 aromatic rings. The van der Waals surface area contributed by atoms with Crippen molar-refractivity contribution in [3.8, 4) is 0 Å². The van der Waals surface area contributed by atoms with E-state index in [1.165, 1.54) is 0 Å². The molecule has 54 heavy (non-hydrogen) atoms. The number of benzene rings is 1. The molecule has 0 aliphatic carbocycles. The quantitative estimate of drug-likeness (QED) is 0.192. The molecule has 3 saturated heterocycles. The zero-order chi connectivity index (χ0) is 38.3. The lowest BCUT2D eigenvalue weighted by Crippen LogP contribution is -2.68. The molecule has 11 atom stereocenters. The number of ether oxygens (including phenoxy) is 7. The van der Waals surface area contributed by atoms with Crippen molar-refractivity contribution in [1.29, 1.82) is 0 Å². The van der Waals surface area contributed by atoms with Crippen LogP contribution in [-0.2, 0) is 52.7 Å². The Hall–Kier alpha value is -1.53. The van der Waals surface area contributed by atoms with Crippen LogP contribution in [0.4, 0.5) is 0 Å². The van der Waals surface area contributed by atoms with E-state index in [9.17, 15) is 0 Å². The van der Waals surface area contributed by atoms with Crippen molar-refractivity contribution < 1.29 is 46.1 Å². The Labute approximate surface area is 325 Å². The molecule has 6 heterocycles. The smallest absolute Gasteiger partial charge is 0.335 e. The van der Waals surface area contributed by atoms with Gasteiger partial charge in [-0.25, -0.2) is 0 Å². The summed E-state index contributed by atoms with van der Waals surface area (Å²) in [6.07, 6.45) is 11.2. The van der Waals surface area contributed by atoms with E-state index in [1.54, 1.807) is 7.11 Å². The molecule has 0 amide bonds. The first-order valence-electron chi connectivity index (χ1n) is 20.4. The minimum absolute atomic E-state index is 0.161. The van der Waals surface area contributed by atoms with Gasteiger partial charge < -0.3 is 46.1 Å². The molecule has 3 fully saturated rings. The van der Waals surface area contributed by atoms with Crippen LogP contribution in [0.2, 0.25) is 22.2 Å². The van der Waals surface area contributed by atoms with Crippen molar-refractivity contribution in [2.75, 3.05) is 20.3 Å². The third-order valence-corrected chi connectivity index (χ3v) is 22.7. The highest BCUT2D eigenvalue weighted by Gasteiger charge is 2.61. The molecule has 7 rings (SSSR count). The average Bonchev–Trinajstić information content (AvgIpc) is 3.45. The molecule has 0 spiro atoms. The van der Waals surface area contributed by atoms with Crippen LogP contribution >= 0.6 is 0 Å². The summed E-state index contributed by atoms with van der Waals surface area (Å²) >= 11 is 0. The Morgan fingerprint density at radius 1 is 0.741 bits per heavy atom. The minimum atomic E-state index is -2.82. The molecule has 0 saturated carbocycles. The summed E-state index contributed by atoms with van der Waals surface area (Å²) in [7, 11) is -3.88. The van der Waals surface area contributed by atoms with Gasteiger partial charge in [0.15, 0.2) is 0 Å². The second kappa shape index (κ2) is 16.8. The van der Waals surface area contributed by atoms with Crippen LogP contribution in [0.5, 0.6) is 0 Å². The van der Waals surface area contributed by atoms with Gasteiger partial charge >= 0.3 is 17.1 Å². The molecule has 0 N–H and O–H groups in total. The van der Waals surface area contributed by atoms with E-state index in [2.05, 4.69) is 97.9 Å². The fourth-order valence-corrected chi connectivity index (χ4v) is 20.6. The molecule has 0 bridgehead atoms. The third kappa shape index (κ3) is 7.72. The van der Waals surface area contributed by atoms with Crippen molar-refractivity contribution in [3.63, 3.8) is 0 Å². The van der Waals surface area contributed by atoms with E-state index < -0.39 is 41.2 Å². The zero-order valence-electron chi connectivity index (χ0n) is 33.8. The van der Waals surface area contributed by atoms with E-state index in [-0.39, 0.29) is 64.9 Å². The van der Waals surface area contributed by atoms with Crippen molar-refractivity contribution in [2.24, 2.45) is 0 Å². The highest BCUT2D eigenvalue weighted by molar-refractivity contribution is 6.84. The molecule has 1 aromatic carbocycles. The predicted octanol–water partition coefficient (Wildman–Crippen LogP) is 7.81. The SMILES string of the molecule is CO[C@@]12C=C[C@@H]3O[C@@H]4CO[Si](C(C)C)(C(C)C)O[Si](C(C)C)(C(C)C)O[C@H]4/C=C\C[C@H]3O[C@H]1C[C@H]1O[C@H]3CC=CCO[C@@H]3[C@@H](OCc3ccccc3)[C@@H]1O2. The molecule has 6 aliphatic rings. The van der Waals surface area contributed by atoms with Crippen molar-refractivity contribution in [2.45, 2.75) is 170 Å². The molecule has 12 heteroatoms. The topological polar surface area (TPSA) is 92.3 Å². The summed E-state index contributed by atoms with van der Waals surface area (Å²) in [5.74, 6) is -1.18. The third-order valence-electron chi connectivity index (χ3n) is 12.4. The van der Waals surface area contributed by atoms with Gasteiger partial charge in [-0.3, -0.25) is 0 Å². The fraction of sp³-hybridized carbons (Fsp3) is 0.714. The standard InChI is InChI=1S/C42H64O10Si2/c1-27(2)53(28(3)4)46-26-37-34(51-54(52-53,29(5)6)30(7)8)20-15-19-32-33(47-37)21-22-42(43-9)38(49-32)24-36-40(50-42)41(45-25-31-16-11-10-12-17-31)39-35(48-36)18-13-14-23-44-39/h10-17,20-22,27-30,32-41H,18-19,23-26H2,1-9H3/b20-15-/t32-,33+,34+,35+,36-,37-,38+,39+,40-,41-,42-/m1/s1. The first kappa shape index (κ1) is 40.7. The van der Waals surface area contributed by atoms with Gasteiger partial charge in [0.05, 0.1) is 44.2 Å². The fourth-order valence-electron chi connectivity index (χ4n) is 9.45. The lowest BCUT2D eigenvalue weighted by molar-refractivity contribution is -0.365. The Morgan fingerprint density at radius 3 is 2.17 bits per heavy atom. The van der Waals surface area contributed by atoms with Gasteiger partial charge in [0, 0.05) is 13.5 Å². The Balaban J connectivity index is 1.18. The predicted molar refractivity (Wildman–Crippen MR) is 210 cm³/mol. The Morgan fingerprint density at radius 2 is 1.46 bits per heavy atom. The lowest BCUT2D eigenvalue weighted by atomic mass is 9.85. The average molecular weight is 785 g/mol. The first-order valence-corrected chi connectivity index (χ1v) is 24.3. The number of hydrogen-bond donors (Lipinski definition) is 0. The second-order valence-corrected chi connectivity index (χ2v) is 26.0. The van der Waals surface area contributed by atoms with Gasteiger partial charge in [-0.2, -0.15) is 0 Å². The van der Waals surface area contributed by atoms with Gasteiger partial charge in [0.25, 0.3) is 0 Å². The second-order valence-electron chi connectivity index (χ2n) is 17.1. The minimum Gasteiger partial charge on any atom is -0.414 e. The summed E-state index contributed by atoms with van der Waals surface area (Å²) in [6, 6.07) is 10.2. The maximum Gasteiger partial charge on any atom is 0.335 e. The van der Waals surface area contributed by atoms with Crippen LogP contribution in [0.1, 0.15) is 80.2 Å². The molecule has 300 valence electrons. The van der Waals surface area contributed by atoms with E-state index in [4.69, 9.17) is 46.1 Å². The lowest BCUT2D eigenvalue weighted by Gasteiger charge is -2.53. The largest absolute Gasteiger partial charge is 0.414 e. The summed E-state index contributed by atoms with van der Waals surface area (Å²) in [5.41, 5.74) is 2.01. The molecule has 10 nitrogen and oxygen atoms in total. The van der Waals surface area contributed by atoms with Crippen molar-refractivity contribution in [1.82, 2.24) is 0 Å². The van der Waals surface area contributed by atoms with Crippen LogP contribution in [0.3, 0.4) is 0 Å². The van der Waals surface area contributed by atoms with Crippen LogP contribution in [0, 0.1) is 0 Å². The van der Waals surface area contributed by atoms with E-state index in [0.29, 0.717) is 32.7 Å². The van der Waals surface area contributed by atoms with Gasteiger partial charge in [-0.05, 0) is 46.6 Å². The van der Waals surface area contributed by atoms with Crippen LogP contribution in [0.15, 0.2) is 66.8 Å². The van der Waals surface area contributed by atoms with Crippen LogP contribution in [-0.4, -0.2) is 104 Å². The highest BCUT2D eigenvalue weighted by Crippen LogP contribution is 2.48. The highest BCUT2D eigenvalue weighted by atomic mass is 28.5. The monoisotopic (exact) mass is 784 g/mol. The number of fused-ring (bicyclic) bond motifs is 5. The van der Waals surface area contributed by atoms with Gasteiger partial charge in [0.1, 0.15) is 36.6 Å². The van der Waals surface area contributed by atoms with Crippen molar-refractivity contribution >= 4 is 17.1 Å². The van der Waals surface area contributed by atoms with Crippen molar-refractivity contribution in [3.05, 3.63) is 72.4 Å². The number of hydrogen-bond acceptors (Lipinski definition) is 10. The molecule has 0 unspecified atom stereocenters. The number of methoxy groups -OCH3 is 1. The Bertz CT molecular complexity index is 1470. The van der Waals surface area contributed by atoms with Crippen LogP contribution in [0.25, 0.3) is 0 Å². The van der Waals surface area contributed by atoms with Gasteiger partial charge in [0.2, 0.25) is 5.79 Å². The summed E-state index contributed by atoms with van der Waals surface area (Å²) < 4.78 is 69.3. The molecule has 0 radical (unpaired) electrons. The van der Waals surface area contributed by atoms with Gasteiger partial charge in [-0.15, -0.1) is 0 Å². The van der Waals surface area contributed by atoms with E-state index in [1.807, 2.05) is 24.3 Å². The number of rotatable bonds is 8. The molecule has 6 aliphatic heterocycles. The zero-order valence-corrected chi connectivity index (χ0v) is 35.8. The Kier molecular flexibility index (Phi) is 12.6. The normalized spacial score (nSPS) is 39.5. The molecular weight excluding hydrogens is 721 g/mol. The summed E-state index contributed by atoms with van der Waals surface area (Å²) in [6.45, 7) is 19.3. The van der Waals surface area contributed by atoms with E-state index >= 15 is 0 Å². The summed E-state index contributed by atoms with van der Waals surface area (Å²) in [5, 5.41) is 0. The summed E-state index contributed by atoms with van der Waals surface area (Å²) in [4.78, 5) is 0. The van der Waals surface area contributed by atoms with E-state index in [0.717, 1.165) is 12.0 Å². The maximum atomic E-state index is 7.43. The van der Waals surface area contributed by atoms with Crippen LogP contribution < -0.4 is 0 Å².